The average molecular weight is 196 g/mol. The minimum Gasteiger partial charge on any atom is -0.478 e. The minimum atomic E-state index is -1.00. The molecule has 1 aromatic carbocycles. The highest BCUT2D eigenvalue weighted by Crippen LogP contribution is 2.30. The van der Waals surface area contributed by atoms with Crippen LogP contribution in [-0.4, -0.2) is 17.3 Å². The Balaban J connectivity index is 2.59. The average Bonchev–Trinajstić information content (AvgIpc) is 2.48. The fourth-order valence-corrected chi connectivity index (χ4v) is 1.54. The van der Waals surface area contributed by atoms with Crippen LogP contribution < -0.4 is 0 Å². The number of fused-ring (bicyclic) bond motifs is 1. The molecule has 0 spiro atoms. The van der Waals surface area contributed by atoms with E-state index in [9.17, 15) is 4.79 Å². The van der Waals surface area contributed by atoms with Gasteiger partial charge in [-0.3, -0.25) is 4.99 Å². The summed E-state index contributed by atoms with van der Waals surface area (Å²) in [5, 5.41) is 9.01. The monoisotopic (exact) mass is 195 g/mol. The van der Waals surface area contributed by atoms with Gasteiger partial charge in [0, 0.05) is 12.6 Å². The quantitative estimate of drug-likeness (QED) is 0.748. The van der Waals surface area contributed by atoms with Crippen molar-refractivity contribution in [3.63, 3.8) is 0 Å². The number of rotatable bonds is 1. The zero-order valence-corrected chi connectivity index (χ0v) is 7.38. The molecule has 0 saturated heterocycles. The van der Waals surface area contributed by atoms with Crippen LogP contribution in [0.3, 0.4) is 0 Å². The Morgan fingerprint density at radius 2 is 2.31 bits per heavy atom. The van der Waals surface area contributed by atoms with E-state index in [2.05, 4.69) is 4.99 Å². The third-order valence-corrected chi connectivity index (χ3v) is 2.25. The van der Waals surface area contributed by atoms with Gasteiger partial charge in [-0.15, -0.1) is 0 Å². The first kappa shape index (κ1) is 8.26. The van der Waals surface area contributed by atoms with Crippen molar-refractivity contribution in [1.29, 1.82) is 0 Å². The molecule has 0 bridgehead atoms. The normalized spacial score (nSPS) is 13.0. The van der Waals surface area contributed by atoms with Crippen LogP contribution in [0.1, 0.15) is 15.9 Å². The second kappa shape index (κ2) is 2.85. The molecule has 4 heteroatoms. The van der Waals surface area contributed by atoms with Gasteiger partial charge in [0.05, 0.1) is 16.3 Å². The van der Waals surface area contributed by atoms with Crippen LogP contribution in [0.15, 0.2) is 17.1 Å². The minimum absolute atomic E-state index is 0.144. The Labute approximate surface area is 79.7 Å². The van der Waals surface area contributed by atoms with Crippen molar-refractivity contribution >= 4 is 29.5 Å². The van der Waals surface area contributed by atoms with E-state index in [1.807, 2.05) is 0 Å². The third kappa shape index (κ3) is 1.31. The van der Waals surface area contributed by atoms with E-state index >= 15 is 0 Å². The Bertz CT molecular complexity index is 412. The van der Waals surface area contributed by atoms with Crippen LogP contribution in [0.5, 0.6) is 0 Å². The maximum absolute atomic E-state index is 10.7. The van der Waals surface area contributed by atoms with Crippen LogP contribution in [0.4, 0.5) is 5.69 Å². The number of carboxylic acids is 1. The van der Waals surface area contributed by atoms with Crippen LogP contribution in [0.2, 0.25) is 5.02 Å². The molecule has 1 aromatic rings. The number of hydrogen-bond donors (Lipinski definition) is 1. The molecule has 0 unspecified atom stereocenters. The van der Waals surface area contributed by atoms with E-state index in [0.29, 0.717) is 6.42 Å². The summed E-state index contributed by atoms with van der Waals surface area (Å²) in [5.74, 6) is -1.00. The predicted octanol–water partition coefficient (Wildman–Crippen LogP) is 2.30. The van der Waals surface area contributed by atoms with Gasteiger partial charge < -0.3 is 5.11 Å². The number of aliphatic imine (C=N–C) groups is 1. The van der Waals surface area contributed by atoms with Gasteiger partial charge in [0.2, 0.25) is 0 Å². The number of hydrogen-bond acceptors (Lipinski definition) is 2. The van der Waals surface area contributed by atoms with Gasteiger partial charge in [-0.1, -0.05) is 11.6 Å². The molecule has 3 nitrogen and oxygen atoms in total. The Hall–Kier alpha value is -1.35. The van der Waals surface area contributed by atoms with E-state index in [1.54, 1.807) is 18.3 Å². The number of benzene rings is 1. The number of nitrogens with zero attached hydrogens (tertiary/aromatic N) is 1. The Kier molecular flexibility index (Phi) is 1.81. The van der Waals surface area contributed by atoms with Gasteiger partial charge in [-0.05, 0) is 17.7 Å². The molecule has 0 fully saturated rings. The van der Waals surface area contributed by atoms with Crippen molar-refractivity contribution < 1.29 is 9.90 Å². The van der Waals surface area contributed by atoms with Crippen molar-refractivity contribution in [3.05, 3.63) is 28.3 Å². The maximum Gasteiger partial charge on any atom is 0.337 e. The Morgan fingerprint density at radius 3 is 3.00 bits per heavy atom. The summed E-state index contributed by atoms with van der Waals surface area (Å²) in [6.45, 7) is 0. The lowest BCUT2D eigenvalue weighted by atomic mass is 10.1. The fraction of sp³-hybridized carbons (Fsp3) is 0.111. The van der Waals surface area contributed by atoms with E-state index < -0.39 is 5.97 Å². The summed E-state index contributed by atoms with van der Waals surface area (Å²) in [7, 11) is 0. The van der Waals surface area contributed by atoms with E-state index in [-0.39, 0.29) is 10.6 Å². The van der Waals surface area contributed by atoms with Crippen LogP contribution >= 0.6 is 11.6 Å². The molecule has 0 aliphatic carbocycles. The molecule has 66 valence electrons. The summed E-state index contributed by atoms with van der Waals surface area (Å²) in [6, 6.07) is 3.16. The van der Waals surface area contributed by atoms with Gasteiger partial charge in [-0.25, -0.2) is 4.79 Å². The zero-order chi connectivity index (χ0) is 9.42. The highest BCUT2D eigenvalue weighted by atomic mass is 35.5. The van der Waals surface area contributed by atoms with Gasteiger partial charge in [0.25, 0.3) is 0 Å². The van der Waals surface area contributed by atoms with Crippen LogP contribution in [-0.2, 0) is 6.42 Å². The largest absolute Gasteiger partial charge is 0.478 e. The fourth-order valence-electron chi connectivity index (χ4n) is 1.30. The Morgan fingerprint density at radius 1 is 1.54 bits per heavy atom. The third-order valence-electron chi connectivity index (χ3n) is 1.94. The molecular weight excluding hydrogens is 190 g/mol. The summed E-state index contributed by atoms with van der Waals surface area (Å²) < 4.78 is 0. The summed E-state index contributed by atoms with van der Waals surface area (Å²) in [4.78, 5) is 14.8. The molecule has 0 saturated carbocycles. The molecule has 1 aliphatic rings. The zero-order valence-electron chi connectivity index (χ0n) is 6.62. The maximum atomic E-state index is 10.7. The predicted molar refractivity (Wildman–Crippen MR) is 50.3 cm³/mol. The van der Waals surface area contributed by atoms with Gasteiger partial charge in [-0.2, -0.15) is 0 Å². The first-order chi connectivity index (χ1) is 6.18. The first-order valence-corrected chi connectivity index (χ1v) is 4.14. The second-order valence-electron chi connectivity index (χ2n) is 2.78. The highest BCUT2D eigenvalue weighted by Gasteiger charge is 2.14. The number of carbonyl (C=O) groups is 1. The first-order valence-electron chi connectivity index (χ1n) is 3.77. The van der Waals surface area contributed by atoms with Crippen molar-refractivity contribution in [1.82, 2.24) is 0 Å². The lowest BCUT2D eigenvalue weighted by Crippen LogP contribution is -1.98. The SMILES string of the molecule is O=C(O)c1cc2c(cc1Cl)N=CC2. The molecule has 2 rings (SSSR count). The smallest absolute Gasteiger partial charge is 0.337 e. The van der Waals surface area contributed by atoms with Crippen LogP contribution in [0.25, 0.3) is 0 Å². The molecule has 1 heterocycles. The van der Waals surface area contributed by atoms with Gasteiger partial charge in [0.15, 0.2) is 0 Å². The number of halogens is 1. The van der Waals surface area contributed by atoms with Crippen LogP contribution in [0, 0.1) is 0 Å². The van der Waals surface area contributed by atoms with Gasteiger partial charge in [0.1, 0.15) is 0 Å². The molecular formula is C9H6ClNO2. The van der Waals surface area contributed by atoms with Crippen molar-refractivity contribution in [2.45, 2.75) is 6.42 Å². The molecule has 13 heavy (non-hydrogen) atoms. The van der Waals surface area contributed by atoms with Crippen molar-refractivity contribution in [3.8, 4) is 0 Å². The van der Waals surface area contributed by atoms with E-state index in [0.717, 1.165) is 11.3 Å². The van der Waals surface area contributed by atoms with Crippen molar-refractivity contribution in [2.24, 2.45) is 4.99 Å². The number of aromatic carboxylic acids is 1. The summed E-state index contributed by atoms with van der Waals surface area (Å²) in [5.41, 5.74) is 1.84. The summed E-state index contributed by atoms with van der Waals surface area (Å²) >= 11 is 5.75. The van der Waals surface area contributed by atoms with E-state index in [1.165, 1.54) is 0 Å². The second-order valence-corrected chi connectivity index (χ2v) is 3.19. The highest BCUT2D eigenvalue weighted by molar-refractivity contribution is 6.33. The topological polar surface area (TPSA) is 49.7 Å². The van der Waals surface area contributed by atoms with Crippen molar-refractivity contribution in [2.75, 3.05) is 0 Å². The standard InChI is InChI=1S/C9H6ClNO2/c10-7-4-8-5(1-2-11-8)3-6(7)9(12)13/h2-4H,1H2,(H,12,13). The molecule has 1 N–H and O–H groups in total. The van der Waals surface area contributed by atoms with Gasteiger partial charge >= 0.3 is 5.97 Å². The molecule has 1 aliphatic heterocycles. The lowest BCUT2D eigenvalue weighted by molar-refractivity contribution is 0.0697. The molecule has 0 radical (unpaired) electrons. The van der Waals surface area contributed by atoms with E-state index in [4.69, 9.17) is 16.7 Å². The lowest BCUT2D eigenvalue weighted by Gasteiger charge is -2.02. The molecule has 0 amide bonds. The number of carboxylic acid groups (broad SMARTS) is 1. The summed E-state index contributed by atoms with van der Waals surface area (Å²) in [6.07, 6.45) is 2.43. The molecule has 0 atom stereocenters. The molecule has 0 aromatic heterocycles.